The summed E-state index contributed by atoms with van der Waals surface area (Å²) in [5, 5.41) is 0. The molecule has 0 aliphatic carbocycles. The van der Waals surface area contributed by atoms with E-state index < -0.39 is 0 Å². The summed E-state index contributed by atoms with van der Waals surface area (Å²) in [4.78, 5) is 3.86. The molecular formula is C8H22N4S. The molecule has 1 aromatic rings. The highest BCUT2D eigenvalue weighted by molar-refractivity contribution is 7.59. The van der Waals surface area contributed by atoms with E-state index in [4.69, 9.17) is 5.73 Å². The van der Waals surface area contributed by atoms with Gasteiger partial charge in [-0.05, 0) is 18.6 Å². The Labute approximate surface area is 87.6 Å². The minimum absolute atomic E-state index is 0. The van der Waals surface area contributed by atoms with E-state index in [0.717, 1.165) is 5.56 Å². The topological polar surface area (TPSA) is 109 Å². The maximum Gasteiger partial charge on any atom is 0.126 e. The third-order valence-corrected chi connectivity index (χ3v) is 1.05. The van der Waals surface area contributed by atoms with Crippen LogP contribution < -0.4 is 18.0 Å². The van der Waals surface area contributed by atoms with Gasteiger partial charge in [0.2, 0.25) is 0 Å². The number of nitrogens with zero attached hydrogens (tertiary/aromatic N) is 1. The first-order valence-electron chi connectivity index (χ1n) is 3.48. The summed E-state index contributed by atoms with van der Waals surface area (Å²) in [6.45, 7) is 5.93. The largest absolute Gasteiger partial charge is 0.383 e. The quantitative estimate of drug-likeness (QED) is 0.605. The zero-order chi connectivity index (χ0) is 7.98. The highest BCUT2D eigenvalue weighted by Crippen LogP contribution is 2.01. The summed E-state index contributed by atoms with van der Waals surface area (Å²) in [6, 6.07) is 3.80. The molecule has 0 saturated carbocycles. The maximum absolute atomic E-state index is 5.41. The minimum atomic E-state index is 0. The SMILES string of the molecule is CC.Cc1cccnc1N.N.N.S. The van der Waals surface area contributed by atoms with E-state index in [1.54, 1.807) is 6.20 Å². The Morgan fingerprint density at radius 3 is 1.92 bits per heavy atom. The van der Waals surface area contributed by atoms with Gasteiger partial charge in [0.15, 0.2) is 0 Å². The van der Waals surface area contributed by atoms with Crippen LogP contribution in [0.1, 0.15) is 19.4 Å². The molecule has 4 nitrogen and oxygen atoms in total. The molecule has 5 heteroatoms. The second-order valence-corrected chi connectivity index (χ2v) is 1.71. The van der Waals surface area contributed by atoms with Gasteiger partial charge in [-0.15, -0.1) is 0 Å². The minimum Gasteiger partial charge on any atom is -0.383 e. The Balaban J connectivity index is -0.0000000761. The van der Waals surface area contributed by atoms with Gasteiger partial charge in [0, 0.05) is 6.20 Å². The van der Waals surface area contributed by atoms with Crippen molar-refractivity contribution in [3.63, 3.8) is 0 Å². The average molecular weight is 206 g/mol. The number of anilines is 1. The van der Waals surface area contributed by atoms with E-state index in [0.29, 0.717) is 5.82 Å². The molecule has 0 atom stereocenters. The van der Waals surface area contributed by atoms with Gasteiger partial charge >= 0.3 is 0 Å². The fourth-order valence-corrected chi connectivity index (χ4v) is 0.498. The van der Waals surface area contributed by atoms with Gasteiger partial charge in [-0.25, -0.2) is 4.98 Å². The van der Waals surface area contributed by atoms with Crippen molar-refractivity contribution in [2.45, 2.75) is 20.8 Å². The second kappa shape index (κ2) is 13.8. The predicted octanol–water partition coefficient (Wildman–Crippen LogP) is 2.44. The van der Waals surface area contributed by atoms with Crippen LogP contribution in [-0.2, 0) is 0 Å². The molecule has 0 spiro atoms. The van der Waals surface area contributed by atoms with Crippen molar-refractivity contribution < 1.29 is 0 Å². The zero-order valence-corrected chi connectivity index (χ0v) is 9.67. The molecule has 0 amide bonds. The Bertz CT molecular complexity index is 172. The lowest BCUT2D eigenvalue weighted by Gasteiger charge is -1.92. The van der Waals surface area contributed by atoms with Crippen molar-refractivity contribution >= 4 is 19.3 Å². The third kappa shape index (κ3) is 9.13. The van der Waals surface area contributed by atoms with E-state index in [9.17, 15) is 0 Å². The molecule has 0 aliphatic heterocycles. The molecule has 0 saturated heterocycles. The van der Waals surface area contributed by atoms with Crippen LogP contribution in [0.25, 0.3) is 0 Å². The van der Waals surface area contributed by atoms with Crippen molar-refractivity contribution in [2.75, 3.05) is 5.73 Å². The van der Waals surface area contributed by atoms with Crippen molar-refractivity contribution in [1.82, 2.24) is 17.3 Å². The van der Waals surface area contributed by atoms with Crippen molar-refractivity contribution in [3.05, 3.63) is 23.9 Å². The maximum atomic E-state index is 5.41. The van der Waals surface area contributed by atoms with Crippen molar-refractivity contribution in [1.29, 1.82) is 0 Å². The molecule has 1 aromatic heterocycles. The number of nitrogen functional groups attached to an aromatic ring is 1. The average Bonchev–Trinajstić information content (AvgIpc) is 2.00. The van der Waals surface area contributed by atoms with Crippen LogP contribution in [0.4, 0.5) is 5.82 Å². The van der Waals surface area contributed by atoms with Crippen LogP contribution >= 0.6 is 13.5 Å². The van der Waals surface area contributed by atoms with Crippen LogP contribution in [0.15, 0.2) is 18.3 Å². The Hall–Kier alpha value is -0.780. The zero-order valence-electron chi connectivity index (χ0n) is 8.67. The molecular weight excluding hydrogens is 184 g/mol. The van der Waals surface area contributed by atoms with Crippen molar-refractivity contribution in [3.8, 4) is 0 Å². The van der Waals surface area contributed by atoms with Gasteiger partial charge in [-0.2, -0.15) is 13.5 Å². The first-order chi connectivity index (χ1) is 4.80. The molecule has 13 heavy (non-hydrogen) atoms. The number of aryl methyl sites for hydroxylation is 1. The fraction of sp³-hybridized carbons (Fsp3) is 0.375. The van der Waals surface area contributed by atoms with Crippen LogP contribution in [0.3, 0.4) is 0 Å². The molecule has 0 radical (unpaired) electrons. The Kier molecular flexibility index (Phi) is 24.1. The molecule has 1 rings (SSSR count). The third-order valence-electron chi connectivity index (χ3n) is 1.05. The smallest absolute Gasteiger partial charge is 0.126 e. The Morgan fingerprint density at radius 2 is 1.69 bits per heavy atom. The number of hydrogen-bond acceptors (Lipinski definition) is 4. The summed E-state index contributed by atoms with van der Waals surface area (Å²) in [7, 11) is 0. The summed E-state index contributed by atoms with van der Waals surface area (Å²) < 4.78 is 0. The Morgan fingerprint density at radius 1 is 1.23 bits per heavy atom. The molecule has 8 N–H and O–H groups in total. The van der Waals surface area contributed by atoms with Gasteiger partial charge in [-0.1, -0.05) is 19.9 Å². The summed E-state index contributed by atoms with van der Waals surface area (Å²) in [6.07, 6.45) is 1.68. The van der Waals surface area contributed by atoms with Gasteiger partial charge in [0.25, 0.3) is 0 Å². The lowest BCUT2D eigenvalue weighted by molar-refractivity contribution is 1.28. The summed E-state index contributed by atoms with van der Waals surface area (Å²) in [5.41, 5.74) is 6.44. The van der Waals surface area contributed by atoms with Gasteiger partial charge in [-0.3, -0.25) is 0 Å². The van der Waals surface area contributed by atoms with E-state index in [2.05, 4.69) is 4.98 Å². The van der Waals surface area contributed by atoms with Crippen LogP contribution in [0.2, 0.25) is 0 Å². The number of rotatable bonds is 0. The van der Waals surface area contributed by atoms with Crippen molar-refractivity contribution in [2.24, 2.45) is 0 Å². The van der Waals surface area contributed by atoms with E-state index in [1.807, 2.05) is 32.9 Å². The predicted molar refractivity (Wildman–Crippen MR) is 65.2 cm³/mol. The van der Waals surface area contributed by atoms with Gasteiger partial charge < -0.3 is 18.0 Å². The number of pyridine rings is 1. The molecule has 1 heterocycles. The fourth-order valence-electron chi connectivity index (χ4n) is 0.498. The lowest BCUT2D eigenvalue weighted by Crippen LogP contribution is -1.90. The summed E-state index contributed by atoms with van der Waals surface area (Å²) in [5.74, 6) is 0.618. The highest BCUT2D eigenvalue weighted by atomic mass is 32.1. The standard InChI is InChI=1S/C6H8N2.C2H6.2H3N.H2S/c1-5-3-2-4-8-6(5)7;1-2;;;/h2-4H,1H3,(H2,7,8);1-2H3;2*1H3;1H2. The highest BCUT2D eigenvalue weighted by Gasteiger charge is 1.86. The number of hydrogen-bond donors (Lipinski definition) is 3. The van der Waals surface area contributed by atoms with Crippen LogP contribution in [0.5, 0.6) is 0 Å². The van der Waals surface area contributed by atoms with E-state index in [1.165, 1.54) is 0 Å². The molecule has 0 bridgehead atoms. The summed E-state index contributed by atoms with van der Waals surface area (Å²) >= 11 is 0. The van der Waals surface area contributed by atoms with Crippen LogP contribution in [-0.4, -0.2) is 4.98 Å². The number of aromatic nitrogens is 1. The molecule has 0 aromatic carbocycles. The molecule has 0 aliphatic rings. The van der Waals surface area contributed by atoms with Gasteiger partial charge in [0.1, 0.15) is 5.82 Å². The van der Waals surface area contributed by atoms with Crippen LogP contribution in [0, 0.1) is 6.92 Å². The van der Waals surface area contributed by atoms with Gasteiger partial charge in [0.05, 0.1) is 0 Å². The second-order valence-electron chi connectivity index (χ2n) is 1.71. The molecule has 0 fully saturated rings. The first kappa shape index (κ1) is 22.8. The lowest BCUT2D eigenvalue weighted by atomic mass is 10.3. The number of nitrogens with two attached hydrogens (primary N) is 1. The van der Waals surface area contributed by atoms with E-state index >= 15 is 0 Å². The van der Waals surface area contributed by atoms with E-state index in [-0.39, 0.29) is 25.8 Å². The monoisotopic (exact) mass is 206 g/mol. The first-order valence-corrected chi connectivity index (χ1v) is 3.48. The molecule has 0 unspecified atom stereocenters. The normalized spacial score (nSPS) is 6.08. The molecule has 80 valence electrons.